The number of benzene rings is 1. The lowest BCUT2D eigenvalue weighted by Crippen LogP contribution is -2.18. The third-order valence-corrected chi connectivity index (χ3v) is 4.24. The maximum Gasteiger partial charge on any atom is 0.256 e. The van der Waals surface area contributed by atoms with Gasteiger partial charge in [-0.25, -0.2) is 4.68 Å². The van der Waals surface area contributed by atoms with Crippen LogP contribution in [0, 0.1) is 6.92 Å². The first-order valence-electron chi connectivity index (χ1n) is 7.26. The lowest BCUT2D eigenvalue weighted by molar-refractivity contribution is 0.102. The van der Waals surface area contributed by atoms with Crippen molar-refractivity contribution in [2.45, 2.75) is 38.6 Å². The predicted molar refractivity (Wildman–Crippen MR) is 83.9 cm³/mol. The maximum atomic E-state index is 12.3. The Balaban J connectivity index is 1.82. The first-order valence-corrected chi connectivity index (χ1v) is 7.64. The van der Waals surface area contributed by atoms with E-state index in [2.05, 4.69) is 10.4 Å². The number of rotatable bonds is 3. The lowest BCUT2D eigenvalue weighted by atomic mass is 10.2. The Morgan fingerprint density at radius 1 is 1.29 bits per heavy atom. The van der Waals surface area contributed by atoms with Gasteiger partial charge in [0.1, 0.15) is 5.82 Å². The van der Waals surface area contributed by atoms with Gasteiger partial charge in [0, 0.05) is 16.1 Å². The lowest BCUT2D eigenvalue weighted by Gasteiger charge is -2.15. The molecule has 0 radical (unpaired) electrons. The molecule has 3 rings (SSSR count). The highest BCUT2D eigenvalue weighted by molar-refractivity contribution is 6.30. The zero-order valence-corrected chi connectivity index (χ0v) is 12.7. The summed E-state index contributed by atoms with van der Waals surface area (Å²) in [6, 6.07) is 7.29. The van der Waals surface area contributed by atoms with E-state index < -0.39 is 0 Å². The van der Waals surface area contributed by atoms with Gasteiger partial charge in [0.2, 0.25) is 0 Å². The van der Waals surface area contributed by atoms with Crippen molar-refractivity contribution >= 4 is 23.3 Å². The number of nitrogens with one attached hydrogen (secondary N) is 1. The van der Waals surface area contributed by atoms with E-state index in [9.17, 15) is 4.79 Å². The molecular weight excluding hydrogens is 286 g/mol. The van der Waals surface area contributed by atoms with Gasteiger partial charge in [-0.2, -0.15) is 5.10 Å². The molecule has 2 aromatic rings. The van der Waals surface area contributed by atoms with Crippen molar-refractivity contribution in [1.29, 1.82) is 0 Å². The fourth-order valence-electron chi connectivity index (χ4n) is 2.81. The second kappa shape index (κ2) is 5.90. The fraction of sp³-hybridized carbons (Fsp3) is 0.375. The molecule has 5 heteroatoms. The van der Waals surface area contributed by atoms with Crippen LogP contribution in [-0.2, 0) is 0 Å². The first kappa shape index (κ1) is 14.1. The molecule has 1 aliphatic carbocycles. The van der Waals surface area contributed by atoms with E-state index in [1.807, 2.05) is 17.8 Å². The van der Waals surface area contributed by atoms with Crippen LogP contribution in [0.2, 0.25) is 5.02 Å². The van der Waals surface area contributed by atoms with Gasteiger partial charge in [0.05, 0.1) is 12.2 Å². The van der Waals surface area contributed by atoms with Crippen LogP contribution in [0.25, 0.3) is 0 Å². The highest BCUT2D eigenvalue weighted by Crippen LogP contribution is 2.32. The van der Waals surface area contributed by atoms with Crippen molar-refractivity contribution < 1.29 is 4.79 Å². The van der Waals surface area contributed by atoms with Gasteiger partial charge in [0.15, 0.2) is 0 Å². The highest BCUT2D eigenvalue weighted by atomic mass is 35.5. The van der Waals surface area contributed by atoms with Crippen LogP contribution in [-0.4, -0.2) is 15.7 Å². The minimum Gasteiger partial charge on any atom is -0.307 e. The van der Waals surface area contributed by atoms with Gasteiger partial charge >= 0.3 is 0 Å². The molecule has 1 heterocycles. The molecule has 0 unspecified atom stereocenters. The Labute approximate surface area is 129 Å². The van der Waals surface area contributed by atoms with E-state index in [-0.39, 0.29) is 5.91 Å². The summed E-state index contributed by atoms with van der Waals surface area (Å²) in [6.45, 7) is 1.97. The monoisotopic (exact) mass is 303 g/mol. The van der Waals surface area contributed by atoms with Crippen LogP contribution < -0.4 is 5.32 Å². The number of nitrogens with zero attached hydrogens (tertiary/aromatic N) is 2. The third-order valence-electron chi connectivity index (χ3n) is 3.99. The Morgan fingerprint density at radius 2 is 1.95 bits per heavy atom. The van der Waals surface area contributed by atoms with Crippen molar-refractivity contribution in [1.82, 2.24) is 9.78 Å². The van der Waals surface area contributed by atoms with Crippen molar-refractivity contribution in [3.63, 3.8) is 0 Å². The number of aryl methyl sites for hydroxylation is 1. The van der Waals surface area contributed by atoms with Crippen molar-refractivity contribution in [2.24, 2.45) is 0 Å². The fourth-order valence-corrected chi connectivity index (χ4v) is 2.94. The van der Waals surface area contributed by atoms with Crippen molar-refractivity contribution in [3.8, 4) is 0 Å². The maximum absolute atomic E-state index is 12.3. The normalized spacial score (nSPS) is 15.3. The van der Waals surface area contributed by atoms with Crippen LogP contribution in [0.15, 0.2) is 30.5 Å². The molecule has 1 amide bonds. The molecule has 0 saturated heterocycles. The summed E-state index contributed by atoms with van der Waals surface area (Å²) in [5.74, 6) is 0.677. The molecule has 0 spiro atoms. The molecule has 1 aromatic heterocycles. The Bertz CT molecular complexity index is 642. The number of halogens is 1. The van der Waals surface area contributed by atoms with Crippen LogP contribution in [0.1, 0.15) is 47.6 Å². The molecular formula is C16H18ClN3O. The Hall–Kier alpha value is -1.81. The molecule has 1 N–H and O–H groups in total. The molecule has 0 bridgehead atoms. The van der Waals surface area contributed by atoms with E-state index in [0.717, 1.165) is 24.2 Å². The van der Waals surface area contributed by atoms with E-state index >= 15 is 0 Å². The van der Waals surface area contributed by atoms with Crippen molar-refractivity contribution in [2.75, 3.05) is 5.32 Å². The molecule has 0 aliphatic heterocycles. The first-order chi connectivity index (χ1) is 10.1. The molecule has 1 saturated carbocycles. The zero-order valence-electron chi connectivity index (χ0n) is 12.0. The molecule has 4 nitrogen and oxygen atoms in total. The number of hydrogen-bond donors (Lipinski definition) is 1. The number of anilines is 1. The summed E-state index contributed by atoms with van der Waals surface area (Å²) in [5, 5.41) is 8.05. The Kier molecular flexibility index (Phi) is 3.97. The van der Waals surface area contributed by atoms with Crippen LogP contribution >= 0.6 is 11.6 Å². The van der Waals surface area contributed by atoms with Gasteiger partial charge in [-0.1, -0.05) is 24.4 Å². The van der Waals surface area contributed by atoms with E-state index in [0.29, 0.717) is 16.6 Å². The number of carbonyl (C=O) groups excluding carboxylic acids is 1. The zero-order chi connectivity index (χ0) is 14.8. The quantitative estimate of drug-likeness (QED) is 0.923. The summed E-state index contributed by atoms with van der Waals surface area (Å²) in [4.78, 5) is 12.3. The second-order valence-electron chi connectivity index (χ2n) is 5.52. The summed E-state index contributed by atoms with van der Waals surface area (Å²) in [5.41, 5.74) is 1.59. The average molecular weight is 304 g/mol. The van der Waals surface area contributed by atoms with Gasteiger partial charge in [-0.3, -0.25) is 4.79 Å². The van der Waals surface area contributed by atoms with E-state index in [4.69, 9.17) is 11.6 Å². The minimum atomic E-state index is -0.130. The number of carbonyl (C=O) groups is 1. The third kappa shape index (κ3) is 2.95. The molecule has 0 atom stereocenters. The highest BCUT2D eigenvalue weighted by Gasteiger charge is 2.22. The topological polar surface area (TPSA) is 46.9 Å². The molecule has 1 aliphatic rings. The Morgan fingerprint density at radius 3 is 2.62 bits per heavy atom. The summed E-state index contributed by atoms with van der Waals surface area (Å²) in [7, 11) is 0. The summed E-state index contributed by atoms with van der Waals surface area (Å²) in [6.07, 6.45) is 6.54. The van der Waals surface area contributed by atoms with Gasteiger partial charge in [-0.05, 0) is 44.0 Å². The molecule has 110 valence electrons. The average Bonchev–Trinajstić information content (AvgIpc) is 3.10. The summed E-state index contributed by atoms with van der Waals surface area (Å²) >= 11 is 5.85. The number of amides is 1. The van der Waals surface area contributed by atoms with Crippen LogP contribution in [0.5, 0.6) is 0 Å². The molecule has 21 heavy (non-hydrogen) atoms. The second-order valence-corrected chi connectivity index (χ2v) is 5.96. The van der Waals surface area contributed by atoms with Crippen molar-refractivity contribution in [3.05, 3.63) is 46.6 Å². The SMILES string of the molecule is Cc1cnn(C2CCCC2)c1NC(=O)c1ccc(Cl)cc1. The standard InChI is InChI=1S/C16H18ClN3O/c1-11-10-18-20(14-4-2-3-5-14)15(11)19-16(21)12-6-8-13(17)9-7-12/h6-10,14H,2-5H2,1H3,(H,19,21). The largest absolute Gasteiger partial charge is 0.307 e. The number of hydrogen-bond acceptors (Lipinski definition) is 2. The molecule has 1 aromatic carbocycles. The van der Waals surface area contributed by atoms with E-state index in [1.54, 1.807) is 24.3 Å². The van der Waals surface area contributed by atoms with Crippen LogP contribution in [0.4, 0.5) is 5.82 Å². The number of aromatic nitrogens is 2. The van der Waals surface area contributed by atoms with Crippen LogP contribution in [0.3, 0.4) is 0 Å². The smallest absolute Gasteiger partial charge is 0.256 e. The minimum absolute atomic E-state index is 0.130. The van der Waals surface area contributed by atoms with Gasteiger partial charge in [0.25, 0.3) is 5.91 Å². The molecule has 1 fully saturated rings. The summed E-state index contributed by atoms with van der Waals surface area (Å²) < 4.78 is 1.97. The van der Waals surface area contributed by atoms with Gasteiger partial charge < -0.3 is 5.32 Å². The van der Waals surface area contributed by atoms with E-state index in [1.165, 1.54) is 12.8 Å². The predicted octanol–water partition coefficient (Wildman–Crippen LogP) is 4.21. The van der Waals surface area contributed by atoms with Gasteiger partial charge in [-0.15, -0.1) is 0 Å².